The average molecular weight is 322 g/mol. The molecule has 114 valence electrons. The Labute approximate surface area is 131 Å². The Morgan fingerprint density at radius 1 is 1.27 bits per heavy atom. The van der Waals surface area contributed by atoms with Gasteiger partial charge in [-0.1, -0.05) is 12.1 Å². The molecule has 22 heavy (non-hydrogen) atoms. The van der Waals surface area contributed by atoms with Crippen LogP contribution in [0.3, 0.4) is 0 Å². The van der Waals surface area contributed by atoms with Crippen LogP contribution in [-0.4, -0.2) is 28.4 Å². The van der Waals surface area contributed by atoms with E-state index in [1.807, 2.05) is 0 Å². The van der Waals surface area contributed by atoms with Gasteiger partial charge in [0.25, 0.3) is 11.8 Å². The second kappa shape index (κ2) is 6.57. The highest BCUT2D eigenvalue weighted by Gasteiger charge is 2.31. The molecule has 0 bridgehead atoms. The van der Waals surface area contributed by atoms with E-state index < -0.39 is 23.4 Å². The predicted octanol–water partition coefficient (Wildman–Crippen LogP) is 2.17. The molecule has 0 spiro atoms. The summed E-state index contributed by atoms with van der Waals surface area (Å²) in [6.07, 6.45) is 3.60. The van der Waals surface area contributed by atoms with E-state index in [4.69, 9.17) is 12.2 Å². The van der Waals surface area contributed by atoms with Crippen LogP contribution in [0.1, 0.15) is 12.5 Å². The van der Waals surface area contributed by atoms with Crippen LogP contribution in [0.15, 0.2) is 35.9 Å². The molecule has 1 aliphatic heterocycles. The molecule has 1 fully saturated rings. The highest BCUT2D eigenvalue weighted by atomic mass is 32.1. The minimum atomic E-state index is -0.731. The van der Waals surface area contributed by atoms with E-state index in [1.54, 1.807) is 6.92 Å². The van der Waals surface area contributed by atoms with Gasteiger partial charge in [-0.3, -0.25) is 19.8 Å². The molecular weight excluding hydrogens is 310 g/mol. The van der Waals surface area contributed by atoms with Gasteiger partial charge in [-0.15, -0.1) is 0 Å². The molecule has 0 saturated carbocycles. The Morgan fingerprint density at radius 3 is 2.50 bits per heavy atom. The SMILES string of the molecule is CCN1C(=O)/C(=C/C=C/c2c(F)cccc2F)C(=O)NC1=S. The van der Waals surface area contributed by atoms with Gasteiger partial charge in [-0.25, -0.2) is 8.78 Å². The lowest BCUT2D eigenvalue weighted by Gasteiger charge is -2.27. The zero-order valence-electron chi connectivity index (χ0n) is 11.6. The molecule has 1 aliphatic rings. The Kier molecular flexibility index (Phi) is 4.77. The minimum Gasteiger partial charge on any atom is -0.298 e. The van der Waals surface area contributed by atoms with E-state index in [0.29, 0.717) is 6.54 Å². The second-order valence-corrected chi connectivity index (χ2v) is 4.77. The fourth-order valence-electron chi connectivity index (χ4n) is 1.91. The number of rotatable bonds is 3. The van der Waals surface area contributed by atoms with Crippen LogP contribution < -0.4 is 5.32 Å². The number of allylic oxidation sites excluding steroid dienone is 2. The Balaban J connectivity index is 2.29. The van der Waals surface area contributed by atoms with Gasteiger partial charge in [0.2, 0.25) is 0 Å². The lowest BCUT2D eigenvalue weighted by molar-refractivity contribution is -0.128. The number of nitrogens with zero attached hydrogens (tertiary/aromatic N) is 1. The number of hydrogen-bond acceptors (Lipinski definition) is 3. The van der Waals surface area contributed by atoms with Gasteiger partial charge >= 0.3 is 0 Å². The number of hydrogen-bond donors (Lipinski definition) is 1. The lowest BCUT2D eigenvalue weighted by atomic mass is 10.1. The van der Waals surface area contributed by atoms with Crippen molar-refractivity contribution in [2.75, 3.05) is 6.54 Å². The third-order valence-electron chi connectivity index (χ3n) is 3.03. The van der Waals surface area contributed by atoms with Crippen molar-refractivity contribution >= 4 is 35.2 Å². The molecule has 1 saturated heterocycles. The number of halogens is 2. The molecule has 1 heterocycles. The topological polar surface area (TPSA) is 49.4 Å². The summed E-state index contributed by atoms with van der Waals surface area (Å²) in [5, 5.41) is 2.42. The molecule has 2 rings (SSSR count). The fourth-order valence-corrected chi connectivity index (χ4v) is 2.22. The maximum absolute atomic E-state index is 13.5. The van der Waals surface area contributed by atoms with Gasteiger partial charge in [0.15, 0.2) is 5.11 Å². The Bertz CT molecular complexity index is 693. The standard InChI is InChI=1S/C15H12F2N2O2S/c1-2-19-14(21)10(13(20)18-15(19)22)6-3-5-9-11(16)7-4-8-12(9)17/h3-8H,2H2,1H3,(H,18,20,22)/b5-3+,10-6+. The van der Waals surface area contributed by atoms with E-state index in [0.717, 1.165) is 18.2 Å². The summed E-state index contributed by atoms with van der Waals surface area (Å²) in [6, 6.07) is 3.48. The quantitative estimate of drug-likeness (QED) is 0.527. The van der Waals surface area contributed by atoms with Gasteiger partial charge in [0.1, 0.15) is 17.2 Å². The first-order chi connectivity index (χ1) is 10.5. The normalized spacial score (nSPS) is 17.5. The summed E-state index contributed by atoms with van der Waals surface area (Å²) in [5.41, 5.74) is -0.394. The molecule has 1 aromatic carbocycles. The van der Waals surface area contributed by atoms with Crippen molar-refractivity contribution in [2.45, 2.75) is 6.92 Å². The molecule has 0 aliphatic carbocycles. The van der Waals surface area contributed by atoms with Gasteiger partial charge in [0, 0.05) is 12.1 Å². The van der Waals surface area contributed by atoms with E-state index in [9.17, 15) is 18.4 Å². The summed E-state index contributed by atoms with van der Waals surface area (Å²) >= 11 is 4.89. The summed E-state index contributed by atoms with van der Waals surface area (Å²) in [5.74, 6) is -2.65. The number of likely N-dealkylation sites (N-methyl/N-ethyl adjacent to an activating group) is 1. The van der Waals surface area contributed by atoms with Gasteiger partial charge in [0.05, 0.1) is 0 Å². The number of amides is 2. The minimum absolute atomic E-state index is 0.0405. The molecule has 1 aromatic rings. The average Bonchev–Trinajstić information content (AvgIpc) is 2.45. The maximum Gasteiger partial charge on any atom is 0.265 e. The maximum atomic E-state index is 13.5. The molecule has 0 atom stereocenters. The van der Waals surface area contributed by atoms with E-state index >= 15 is 0 Å². The molecular formula is C15H12F2N2O2S. The summed E-state index contributed by atoms with van der Waals surface area (Å²) in [6.45, 7) is 2.02. The van der Waals surface area contributed by atoms with Crippen LogP contribution in [0.5, 0.6) is 0 Å². The third kappa shape index (κ3) is 3.09. The first-order valence-corrected chi connectivity index (χ1v) is 6.86. The molecule has 1 N–H and O–H groups in total. The van der Waals surface area contributed by atoms with Crippen LogP contribution in [0.4, 0.5) is 8.78 Å². The molecule has 0 unspecified atom stereocenters. The molecule has 0 radical (unpaired) electrons. The third-order valence-corrected chi connectivity index (χ3v) is 3.35. The van der Waals surface area contributed by atoms with Crippen LogP contribution in [0, 0.1) is 11.6 Å². The smallest absolute Gasteiger partial charge is 0.265 e. The molecule has 7 heteroatoms. The number of nitrogens with one attached hydrogen (secondary N) is 1. The highest BCUT2D eigenvalue weighted by Crippen LogP contribution is 2.15. The zero-order chi connectivity index (χ0) is 16.3. The van der Waals surface area contributed by atoms with Gasteiger partial charge < -0.3 is 0 Å². The van der Waals surface area contributed by atoms with Gasteiger partial charge in [-0.05, 0) is 43.4 Å². The molecule has 4 nitrogen and oxygen atoms in total. The van der Waals surface area contributed by atoms with Crippen molar-refractivity contribution in [1.29, 1.82) is 0 Å². The molecule has 0 aromatic heterocycles. The van der Waals surface area contributed by atoms with Crippen LogP contribution in [0.2, 0.25) is 0 Å². The fraction of sp³-hybridized carbons (Fsp3) is 0.133. The largest absolute Gasteiger partial charge is 0.298 e. The Hall–Kier alpha value is -2.41. The van der Waals surface area contributed by atoms with E-state index in [1.165, 1.54) is 23.1 Å². The predicted molar refractivity (Wildman–Crippen MR) is 81.6 cm³/mol. The highest BCUT2D eigenvalue weighted by molar-refractivity contribution is 7.80. The summed E-state index contributed by atoms with van der Waals surface area (Å²) < 4.78 is 26.9. The lowest BCUT2D eigenvalue weighted by Crippen LogP contribution is -2.53. The number of carbonyl (C=O) groups excluding carboxylic acids is 2. The Morgan fingerprint density at radius 2 is 1.91 bits per heavy atom. The summed E-state index contributed by atoms with van der Waals surface area (Å²) in [7, 11) is 0. The second-order valence-electron chi connectivity index (χ2n) is 4.38. The first-order valence-electron chi connectivity index (χ1n) is 6.45. The first kappa shape index (κ1) is 16.0. The van der Waals surface area contributed by atoms with Crippen LogP contribution >= 0.6 is 12.2 Å². The number of carbonyl (C=O) groups is 2. The monoisotopic (exact) mass is 322 g/mol. The van der Waals surface area contributed by atoms with Crippen molar-refractivity contribution in [3.05, 3.63) is 53.1 Å². The van der Waals surface area contributed by atoms with Gasteiger partial charge in [-0.2, -0.15) is 0 Å². The zero-order valence-corrected chi connectivity index (χ0v) is 12.4. The van der Waals surface area contributed by atoms with Crippen molar-refractivity contribution in [3.63, 3.8) is 0 Å². The number of thiocarbonyl (C=S) groups is 1. The summed E-state index contributed by atoms with van der Waals surface area (Å²) in [4.78, 5) is 25.1. The van der Waals surface area contributed by atoms with Crippen molar-refractivity contribution in [1.82, 2.24) is 10.2 Å². The van der Waals surface area contributed by atoms with E-state index in [2.05, 4.69) is 5.32 Å². The van der Waals surface area contributed by atoms with Crippen LogP contribution in [-0.2, 0) is 9.59 Å². The number of benzene rings is 1. The van der Waals surface area contributed by atoms with E-state index in [-0.39, 0.29) is 16.2 Å². The van der Waals surface area contributed by atoms with Crippen molar-refractivity contribution in [2.24, 2.45) is 0 Å². The molecule has 2 amide bonds. The van der Waals surface area contributed by atoms with Crippen molar-refractivity contribution < 1.29 is 18.4 Å². The van der Waals surface area contributed by atoms with Crippen molar-refractivity contribution in [3.8, 4) is 0 Å². The van der Waals surface area contributed by atoms with Crippen LogP contribution in [0.25, 0.3) is 6.08 Å².